The molecule has 0 atom stereocenters. The highest BCUT2D eigenvalue weighted by molar-refractivity contribution is 5.77. The molecule has 1 aromatic heterocycles. The second kappa shape index (κ2) is 5.68. The third-order valence-corrected chi connectivity index (χ3v) is 4.50. The first-order valence-electron chi connectivity index (χ1n) is 7.66. The van der Waals surface area contributed by atoms with Crippen molar-refractivity contribution in [2.45, 2.75) is 38.8 Å². The maximum Gasteiger partial charge on any atom is 0.329 e. The van der Waals surface area contributed by atoms with Crippen molar-refractivity contribution in [3.05, 3.63) is 44.9 Å². The van der Waals surface area contributed by atoms with Gasteiger partial charge >= 0.3 is 5.69 Å². The van der Waals surface area contributed by atoms with Gasteiger partial charge in [-0.15, -0.1) is 0 Å². The lowest BCUT2D eigenvalue weighted by Crippen LogP contribution is -2.45. The highest BCUT2D eigenvalue weighted by Crippen LogP contribution is 2.22. The van der Waals surface area contributed by atoms with Crippen LogP contribution < -0.4 is 11.2 Å². The predicted octanol–water partition coefficient (Wildman–Crippen LogP) is 1.87. The van der Waals surface area contributed by atoms with Crippen LogP contribution in [0.3, 0.4) is 0 Å². The van der Waals surface area contributed by atoms with Crippen molar-refractivity contribution in [1.82, 2.24) is 14.5 Å². The maximum atomic E-state index is 14.0. The van der Waals surface area contributed by atoms with E-state index in [0.717, 1.165) is 25.9 Å². The summed E-state index contributed by atoms with van der Waals surface area (Å²) in [6.07, 6.45) is 1.45. The lowest BCUT2D eigenvalue weighted by molar-refractivity contribution is 0.149. The van der Waals surface area contributed by atoms with E-state index in [2.05, 4.69) is 23.7 Å². The summed E-state index contributed by atoms with van der Waals surface area (Å²) in [5, 5.41) is -0.0339. The van der Waals surface area contributed by atoms with Gasteiger partial charge in [-0.1, -0.05) is 6.07 Å². The number of fused-ring (bicyclic) bond motifs is 1. The van der Waals surface area contributed by atoms with Crippen LogP contribution in [-0.4, -0.2) is 33.6 Å². The summed E-state index contributed by atoms with van der Waals surface area (Å²) in [5.41, 5.74) is -0.725. The summed E-state index contributed by atoms with van der Waals surface area (Å²) >= 11 is 0. The lowest BCUT2D eigenvalue weighted by Gasteiger charge is -2.34. The zero-order chi connectivity index (χ0) is 15.9. The second-order valence-corrected chi connectivity index (χ2v) is 6.13. The number of halogens is 1. The molecule has 5 nitrogen and oxygen atoms in total. The molecule has 2 aromatic rings. The fourth-order valence-corrected chi connectivity index (χ4v) is 3.23. The summed E-state index contributed by atoms with van der Waals surface area (Å²) in [5.74, 6) is -0.591. The van der Waals surface area contributed by atoms with Crippen molar-refractivity contribution in [2.24, 2.45) is 0 Å². The Labute approximate surface area is 127 Å². The van der Waals surface area contributed by atoms with Gasteiger partial charge in [-0.25, -0.2) is 9.18 Å². The molecule has 1 aliphatic rings. The Hall–Kier alpha value is -1.95. The number of aromatic nitrogens is 2. The first-order chi connectivity index (χ1) is 10.5. The average molecular weight is 305 g/mol. The minimum atomic E-state index is -0.591. The van der Waals surface area contributed by atoms with Gasteiger partial charge in [-0.05, 0) is 38.8 Å². The molecule has 6 heteroatoms. The highest BCUT2D eigenvalue weighted by atomic mass is 19.1. The molecule has 1 N–H and O–H groups in total. The third kappa shape index (κ3) is 2.47. The first-order valence-corrected chi connectivity index (χ1v) is 7.66. The summed E-state index contributed by atoms with van der Waals surface area (Å²) in [4.78, 5) is 29.8. The molecule has 0 unspecified atom stereocenters. The Bertz CT molecular complexity index is 801. The van der Waals surface area contributed by atoms with E-state index in [-0.39, 0.29) is 16.9 Å². The van der Waals surface area contributed by atoms with E-state index in [0.29, 0.717) is 6.04 Å². The molecule has 0 saturated carbocycles. The van der Waals surface area contributed by atoms with Crippen LogP contribution in [0, 0.1) is 5.82 Å². The minimum absolute atomic E-state index is 0.0339. The fraction of sp³-hybridized carbons (Fsp3) is 0.500. The molecule has 1 aliphatic heterocycles. The molecule has 2 heterocycles. The number of H-pyrrole nitrogens is 1. The zero-order valence-corrected chi connectivity index (χ0v) is 12.8. The quantitative estimate of drug-likeness (QED) is 0.921. The van der Waals surface area contributed by atoms with Crippen LogP contribution >= 0.6 is 0 Å². The summed E-state index contributed by atoms with van der Waals surface area (Å²) in [6, 6.07) is 4.55. The normalized spacial score (nSPS) is 17.5. The maximum absolute atomic E-state index is 14.0. The van der Waals surface area contributed by atoms with Gasteiger partial charge in [0, 0.05) is 25.2 Å². The molecule has 0 spiro atoms. The molecule has 0 radical (unpaired) electrons. The Balaban J connectivity index is 2.04. The van der Waals surface area contributed by atoms with Crippen LogP contribution in [0.25, 0.3) is 10.9 Å². The SMILES string of the molecule is CC(C)N1CCC(n2c(=O)[nH]c3cccc(F)c3c2=O)CC1. The Kier molecular flexibility index (Phi) is 3.87. The standard InChI is InChI=1S/C16H20FN3O2/c1-10(2)19-8-6-11(7-9-19)20-15(21)14-12(17)4-3-5-13(14)18-16(20)22/h3-5,10-11H,6-9H2,1-2H3,(H,18,22). The average Bonchev–Trinajstić information content (AvgIpc) is 2.47. The van der Waals surface area contributed by atoms with Crippen LogP contribution in [0.15, 0.2) is 27.8 Å². The van der Waals surface area contributed by atoms with E-state index in [1.165, 1.54) is 16.7 Å². The molecule has 1 aromatic carbocycles. The van der Waals surface area contributed by atoms with Gasteiger partial charge in [0.15, 0.2) is 0 Å². The van der Waals surface area contributed by atoms with Crippen LogP contribution in [0.5, 0.6) is 0 Å². The molecular weight excluding hydrogens is 285 g/mol. The van der Waals surface area contributed by atoms with E-state index in [9.17, 15) is 14.0 Å². The molecule has 3 rings (SSSR count). The third-order valence-electron chi connectivity index (χ3n) is 4.50. The van der Waals surface area contributed by atoms with Crippen LogP contribution in [0.1, 0.15) is 32.7 Å². The van der Waals surface area contributed by atoms with E-state index >= 15 is 0 Å². The predicted molar refractivity (Wildman–Crippen MR) is 83.8 cm³/mol. The van der Waals surface area contributed by atoms with Gasteiger partial charge in [0.25, 0.3) is 5.56 Å². The van der Waals surface area contributed by atoms with E-state index in [4.69, 9.17) is 0 Å². The van der Waals surface area contributed by atoms with Gasteiger partial charge in [-0.3, -0.25) is 9.36 Å². The van der Waals surface area contributed by atoms with Crippen molar-refractivity contribution in [1.29, 1.82) is 0 Å². The summed E-state index contributed by atoms with van der Waals surface area (Å²) < 4.78 is 15.1. The van der Waals surface area contributed by atoms with Gasteiger partial charge < -0.3 is 9.88 Å². The van der Waals surface area contributed by atoms with Crippen molar-refractivity contribution in [3.8, 4) is 0 Å². The Morgan fingerprint density at radius 2 is 1.91 bits per heavy atom. The van der Waals surface area contributed by atoms with Crippen molar-refractivity contribution in [2.75, 3.05) is 13.1 Å². The molecule has 22 heavy (non-hydrogen) atoms. The van der Waals surface area contributed by atoms with E-state index in [1.54, 1.807) is 6.07 Å². The van der Waals surface area contributed by atoms with Crippen molar-refractivity contribution < 1.29 is 4.39 Å². The molecule has 1 saturated heterocycles. The Morgan fingerprint density at radius 1 is 1.23 bits per heavy atom. The Morgan fingerprint density at radius 3 is 2.55 bits per heavy atom. The van der Waals surface area contributed by atoms with Gasteiger partial charge in [0.2, 0.25) is 0 Å². The van der Waals surface area contributed by atoms with E-state index in [1.807, 2.05) is 0 Å². The van der Waals surface area contributed by atoms with Gasteiger partial charge in [-0.2, -0.15) is 0 Å². The number of rotatable bonds is 2. The number of nitrogens with one attached hydrogen (secondary N) is 1. The van der Waals surface area contributed by atoms with Gasteiger partial charge in [0.1, 0.15) is 5.82 Å². The smallest absolute Gasteiger partial charge is 0.307 e. The molecule has 118 valence electrons. The molecule has 0 bridgehead atoms. The van der Waals surface area contributed by atoms with Crippen LogP contribution in [-0.2, 0) is 0 Å². The second-order valence-electron chi connectivity index (χ2n) is 6.13. The summed E-state index contributed by atoms with van der Waals surface area (Å²) in [6.45, 7) is 5.93. The number of hydrogen-bond donors (Lipinski definition) is 1. The van der Waals surface area contributed by atoms with Crippen molar-refractivity contribution in [3.63, 3.8) is 0 Å². The fourth-order valence-electron chi connectivity index (χ4n) is 3.23. The number of hydrogen-bond acceptors (Lipinski definition) is 3. The number of aromatic amines is 1. The zero-order valence-electron chi connectivity index (χ0n) is 12.8. The molecule has 1 fully saturated rings. The van der Waals surface area contributed by atoms with E-state index < -0.39 is 17.1 Å². The first kappa shape index (κ1) is 15.0. The van der Waals surface area contributed by atoms with Crippen molar-refractivity contribution >= 4 is 10.9 Å². The molecular formula is C16H20FN3O2. The number of benzene rings is 1. The number of piperidine rings is 1. The number of likely N-dealkylation sites (tertiary alicyclic amines) is 1. The largest absolute Gasteiger partial charge is 0.329 e. The molecule has 0 amide bonds. The summed E-state index contributed by atoms with van der Waals surface area (Å²) in [7, 11) is 0. The lowest BCUT2D eigenvalue weighted by atomic mass is 10.0. The van der Waals surface area contributed by atoms with Crippen LogP contribution in [0.2, 0.25) is 0 Å². The van der Waals surface area contributed by atoms with Crippen LogP contribution in [0.4, 0.5) is 4.39 Å². The minimum Gasteiger partial charge on any atom is -0.307 e. The number of nitrogens with zero attached hydrogens (tertiary/aromatic N) is 2. The topological polar surface area (TPSA) is 58.1 Å². The monoisotopic (exact) mass is 305 g/mol. The molecule has 0 aliphatic carbocycles. The highest BCUT2D eigenvalue weighted by Gasteiger charge is 2.25. The van der Waals surface area contributed by atoms with Gasteiger partial charge in [0.05, 0.1) is 10.9 Å².